The zero-order valence-corrected chi connectivity index (χ0v) is 9.63. The van der Waals surface area contributed by atoms with Crippen LogP contribution in [0.5, 0.6) is 0 Å². The quantitative estimate of drug-likeness (QED) is 0.605. The molecule has 92 valence electrons. The van der Waals surface area contributed by atoms with Crippen LogP contribution in [0.3, 0.4) is 0 Å². The second kappa shape index (κ2) is 4.87. The van der Waals surface area contributed by atoms with Gasteiger partial charge in [-0.3, -0.25) is 19.3 Å². The minimum atomic E-state index is -0.605. The maximum absolute atomic E-state index is 12.9. The molecule has 0 saturated carbocycles. The van der Waals surface area contributed by atoms with Crippen molar-refractivity contribution >= 4 is 11.6 Å². The van der Waals surface area contributed by atoms with Gasteiger partial charge in [-0.15, -0.1) is 0 Å². The van der Waals surface area contributed by atoms with Crippen molar-refractivity contribution < 1.29 is 14.0 Å². The van der Waals surface area contributed by atoms with Crippen molar-refractivity contribution in [3.63, 3.8) is 0 Å². The first kappa shape index (κ1) is 12.1. The van der Waals surface area contributed by atoms with Gasteiger partial charge in [-0.1, -0.05) is 0 Å². The maximum Gasteiger partial charge on any atom is 0.190 e. The molecule has 0 saturated heterocycles. The van der Waals surface area contributed by atoms with Crippen molar-refractivity contribution in [1.29, 1.82) is 0 Å². The van der Waals surface area contributed by atoms with E-state index in [2.05, 4.69) is 10.1 Å². The summed E-state index contributed by atoms with van der Waals surface area (Å²) < 4.78 is 14.3. The smallest absolute Gasteiger partial charge is 0.190 e. The van der Waals surface area contributed by atoms with Crippen LogP contribution >= 0.6 is 0 Å². The molecule has 0 aromatic carbocycles. The lowest BCUT2D eigenvalue weighted by atomic mass is 10.1. The number of carbonyl (C=O) groups is 2. The lowest BCUT2D eigenvalue weighted by molar-refractivity contribution is 0.0890. The average molecular weight is 247 g/mol. The highest BCUT2D eigenvalue weighted by Crippen LogP contribution is 2.08. The Morgan fingerprint density at radius 3 is 2.72 bits per heavy atom. The van der Waals surface area contributed by atoms with E-state index in [0.717, 1.165) is 12.3 Å². The van der Waals surface area contributed by atoms with E-state index in [0.29, 0.717) is 0 Å². The molecule has 0 fully saturated rings. The van der Waals surface area contributed by atoms with Crippen LogP contribution in [0, 0.1) is 5.82 Å². The molecule has 0 bridgehead atoms. The molecule has 0 unspecified atom stereocenters. The van der Waals surface area contributed by atoms with Gasteiger partial charge in [0.1, 0.15) is 11.5 Å². The van der Waals surface area contributed by atoms with Gasteiger partial charge in [-0.25, -0.2) is 4.39 Å². The van der Waals surface area contributed by atoms with E-state index < -0.39 is 17.4 Å². The van der Waals surface area contributed by atoms with Crippen LogP contribution in [0.4, 0.5) is 4.39 Å². The largest absolute Gasteiger partial charge is 0.294 e. The van der Waals surface area contributed by atoms with Gasteiger partial charge in [-0.05, 0) is 12.1 Å². The molecule has 6 heteroatoms. The van der Waals surface area contributed by atoms with Gasteiger partial charge in [-0.2, -0.15) is 5.10 Å². The number of pyridine rings is 1. The van der Waals surface area contributed by atoms with E-state index in [1.54, 1.807) is 13.2 Å². The molecule has 0 N–H and O–H groups in total. The van der Waals surface area contributed by atoms with Crippen LogP contribution in [-0.2, 0) is 7.05 Å². The second-order valence-electron chi connectivity index (χ2n) is 3.79. The SMILES string of the molecule is Cn1ccc(C(=O)CC(=O)c2cncc(F)c2)n1. The van der Waals surface area contributed by atoms with Gasteiger partial charge in [0, 0.05) is 25.0 Å². The van der Waals surface area contributed by atoms with E-state index in [9.17, 15) is 14.0 Å². The molecule has 0 aliphatic carbocycles. The van der Waals surface area contributed by atoms with Gasteiger partial charge >= 0.3 is 0 Å². The van der Waals surface area contributed by atoms with E-state index in [1.807, 2.05) is 0 Å². The fraction of sp³-hybridized carbons (Fsp3) is 0.167. The number of carbonyl (C=O) groups excluding carboxylic acids is 2. The van der Waals surface area contributed by atoms with E-state index in [4.69, 9.17) is 0 Å². The predicted molar refractivity (Wildman–Crippen MR) is 60.7 cm³/mol. The summed E-state index contributed by atoms with van der Waals surface area (Å²) in [5.74, 6) is -1.48. The third-order valence-electron chi connectivity index (χ3n) is 2.35. The molecule has 0 aliphatic rings. The molecule has 0 aliphatic heterocycles. The minimum absolute atomic E-state index is 0.0827. The Balaban J connectivity index is 2.10. The predicted octanol–water partition coefficient (Wildman–Crippen LogP) is 1.41. The van der Waals surface area contributed by atoms with E-state index in [1.165, 1.54) is 16.9 Å². The zero-order valence-electron chi connectivity index (χ0n) is 9.63. The first-order valence-electron chi connectivity index (χ1n) is 5.23. The van der Waals surface area contributed by atoms with Crippen molar-refractivity contribution in [2.75, 3.05) is 0 Å². The van der Waals surface area contributed by atoms with Gasteiger partial charge in [0.05, 0.1) is 12.6 Å². The third kappa shape index (κ3) is 2.65. The molecular weight excluding hydrogens is 237 g/mol. The number of Topliss-reactive ketones (excluding diaryl/α,β-unsaturated/α-hetero) is 2. The Bertz CT molecular complexity index is 607. The standard InChI is InChI=1S/C12H10FN3O2/c1-16-3-2-10(15-16)12(18)5-11(17)8-4-9(13)7-14-6-8/h2-4,6-7H,5H2,1H3. The summed E-state index contributed by atoms with van der Waals surface area (Å²) >= 11 is 0. The number of hydrogen-bond donors (Lipinski definition) is 0. The number of aryl methyl sites for hydroxylation is 1. The fourth-order valence-corrected chi connectivity index (χ4v) is 1.47. The number of ketones is 2. The van der Waals surface area contributed by atoms with E-state index >= 15 is 0 Å². The van der Waals surface area contributed by atoms with Crippen LogP contribution < -0.4 is 0 Å². The second-order valence-corrected chi connectivity index (χ2v) is 3.79. The zero-order chi connectivity index (χ0) is 13.1. The van der Waals surface area contributed by atoms with Crippen LogP contribution in [0.15, 0.2) is 30.7 Å². The number of aromatic nitrogens is 3. The van der Waals surface area contributed by atoms with Gasteiger partial charge in [0.25, 0.3) is 0 Å². The first-order chi connectivity index (χ1) is 8.56. The molecule has 5 nitrogen and oxygen atoms in total. The Hall–Kier alpha value is -2.37. The van der Waals surface area contributed by atoms with Crippen molar-refractivity contribution in [2.45, 2.75) is 6.42 Å². The lowest BCUT2D eigenvalue weighted by Crippen LogP contribution is -2.10. The van der Waals surface area contributed by atoms with Crippen molar-refractivity contribution in [1.82, 2.24) is 14.8 Å². The summed E-state index contributed by atoms with van der Waals surface area (Å²) in [5.41, 5.74) is 0.300. The minimum Gasteiger partial charge on any atom is -0.294 e. The summed E-state index contributed by atoms with van der Waals surface area (Å²) in [4.78, 5) is 27.0. The Labute approximate surface area is 102 Å². The van der Waals surface area contributed by atoms with Gasteiger partial charge in [0.2, 0.25) is 0 Å². The normalized spacial score (nSPS) is 10.3. The fourth-order valence-electron chi connectivity index (χ4n) is 1.47. The molecule has 2 aromatic rings. The third-order valence-corrected chi connectivity index (χ3v) is 2.35. The highest BCUT2D eigenvalue weighted by Gasteiger charge is 2.16. The van der Waals surface area contributed by atoms with Crippen molar-refractivity contribution in [3.8, 4) is 0 Å². The molecule has 2 rings (SSSR count). The van der Waals surface area contributed by atoms with Crippen LogP contribution in [0.25, 0.3) is 0 Å². The molecular formula is C12H10FN3O2. The molecule has 0 amide bonds. The molecule has 0 spiro atoms. The highest BCUT2D eigenvalue weighted by atomic mass is 19.1. The first-order valence-corrected chi connectivity index (χ1v) is 5.23. The maximum atomic E-state index is 12.9. The van der Waals surface area contributed by atoms with Gasteiger partial charge in [0.15, 0.2) is 11.6 Å². The van der Waals surface area contributed by atoms with Crippen LogP contribution in [0.1, 0.15) is 27.3 Å². The molecule has 0 radical (unpaired) electrons. The Kier molecular flexibility index (Phi) is 3.27. The number of nitrogens with zero attached hydrogens (tertiary/aromatic N) is 3. The molecule has 2 heterocycles. The summed E-state index contributed by atoms with van der Waals surface area (Å²) in [6.45, 7) is 0. The summed E-state index contributed by atoms with van der Waals surface area (Å²) in [5, 5.41) is 3.90. The Morgan fingerprint density at radius 1 is 1.33 bits per heavy atom. The summed E-state index contributed by atoms with van der Waals surface area (Å²) in [7, 11) is 1.68. The van der Waals surface area contributed by atoms with Crippen LogP contribution in [-0.4, -0.2) is 26.3 Å². The highest BCUT2D eigenvalue weighted by molar-refractivity contribution is 6.12. The molecule has 18 heavy (non-hydrogen) atoms. The molecule has 0 atom stereocenters. The van der Waals surface area contributed by atoms with Crippen molar-refractivity contribution in [2.24, 2.45) is 7.05 Å². The van der Waals surface area contributed by atoms with Crippen molar-refractivity contribution in [3.05, 3.63) is 47.8 Å². The summed E-state index contributed by atoms with van der Waals surface area (Å²) in [6.07, 6.45) is 3.50. The summed E-state index contributed by atoms with van der Waals surface area (Å²) in [6, 6.07) is 2.58. The molecule has 2 aromatic heterocycles. The average Bonchev–Trinajstić information content (AvgIpc) is 2.76. The Morgan fingerprint density at radius 2 is 2.11 bits per heavy atom. The monoisotopic (exact) mass is 247 g/mol. The topological polar surface area (TPSA) is 64.8 Å². The van der Waals surface area contributed by atoms with E-state index in [-0.39, 0.29) is 17.7 Å². The lowest BCUT2D eigenvalue weighted by Gasteiger charge is -1.98. The van der Waals surface area contributed by atoms with Gasteiger partial charge < -0.3 is 0 Å². The van der Waals surface area contributed by atoms with Crippen LogP contribution in [0.2, 0.25) is 0 Å². The number of rotatable bonds is 4. The number of hydrogen-bond acceptors (Lipinski definition) is 4. The number of halogens is 1.